The third-order valence-electron chi connectivity index (χ3n) is 5.74. The molecule has 0 bridgehead atoms. The predicted molar refractivity (Wildman–Crippen MR) is 114 cm³/mol. The van der Waals surface area contributed by atoms with Crippen LogP contribution in [0.2, 0.25) is 0 Å². The van der Waals surface area contributed by atoms with E-state index < -0.39 is 0 Å². The first-order valence-corrected chi connectivity index (χ1v) is 11.1. The highest BCUT2D eigenvalue weighted by Crippen LogP contribution is 2.25. The summed E-state index contributed by atoms with van der Waals surface area (Å²) in [6, 6.07) is 7.98. The number of nitrogens with zero attached hydrogens (tertiary/aromatic N) is 3. The lowest BCUT2D eigenvalue weighted by Gasteiger charge is -2.41. The number of nitrogens with one attached hydrogen (secondary N) is 1. The molecule has 1 aromatic carbocycles. The number of carbonyl (C=O) groups is 1. The molecule has 29 heavy (non-hydrogen) atoms. The molecule has 0 radical (unpaired) electrons. The van der Waals surface area contributed by atoms with Crippen LogP contribution in [0.4, 0.5) is 10.5 Å². The summed E-state index contributed by atoms with van der Waals surface area (Å²) in [5, 5.41) is 5.70. The second kappa shape index (κ2) is 9.45. The quantitative estimate of drug-likeness (QED) is 0.805. The molecule has 2 aliphatic rings. The molecule has 2 amide bonds. The van der Waals surface area contributed by atoms with Crippen LogP contribution in [0.25, 0.3) is 0 Å². The van der Waals surface area contributed by atoms with Gasteiger partial charge in [0.05, 0.1) is 7.11 Å². The Hall–Kier alpha value is -2.32. The SMILES string of the molecule is COc1cccc(NC(=O)N2CCC(N3CCC(Oc4nccs4)CC3)CC2)c1. The molecule has 0 aliphatic carbocycles. The Morgan fingerprint density at radius 1 is 1.17 bits per heavy atom. The van der Waals surface area contributed by atoms with Crippen LogP contribution in [0.1, 0.15) is 25.7 Å². The summed E-state index contributed by atoms with van der Waals surface area (Å²) >= 11 is 1.55. The third-order valence-corrected chi connectivity index (χ3v) is 6.40. The summed E-state index contributed by atoms with van der Waals surface area (Å²) in [5.41, 5.74) is 0.763. The molecule has 2 fully saturated rings. The molecule has 2 aliphatic heterocycles. The van der Waals surface area contributed by atoms with Crippen molar-refractivity contribution < 1.29 is 14.3 Å². The van der Waals surface area contributed by atoms with Gasteiger partial charge in [0.2, 0.25) is 0 Å². The Balaban J connectivity index is 1.21. The highest BCUT2D eigenvalue weighted by atomic mass is 32.1. The lowest BCUT2D eigenvalue weighted by molar-refractivity contribution is 0.0544. The molecule has 1 N–H and O–H groups in total. The number of hydrogen-bond donors (Lipinski definition) is 1. The number of benzene rings is 1. The fourth-order valence-corrected chi connectivity index (χ4v) is 4.66. The molecule has 8 heteroatoms. The maximum Gasteiger partial charge on any atom is 0.321 e. The zero-order valence-corrected chi connectivity index (χ0v) is 17.6. The van der Waals surface area contributed by atoms with E-state index in [0.29, 0.717) is 6.04 Å². The van der Waals surface area contributed by atoms with Gasteiger partial charge in [-0.15, -0.1) is 0 Å². The van der Waals surface area contributed by atoms with Crippen molar-refractivity contribution >= 4 is 23.1 Å². The molecular weight excluding hydrogens is 388 g/mol. The summed E-state index contributed by atoms with van der Waals surface area (Å²) < 4.78 is 11.2. The third kappa shape index (κ3) is 5.19. The highest BCUT2D eigenvalue weighted by molar-refractivity contribution is 7.11. The van der Waals surface area contributed by atoms with Crippen LogP contribution < -0.4 is 14.8 Å². The molecule has 4 rings (SSSR count). The first kappa shape index (κ1) is 20.0. The predicted octanol–water partition coefficient (Wildman–Crippen LogP) is 3.69. The lowest BCUT2D eigenvalue weighted by Crippen LogP contribution is -2.50. The van der Waals surface area contributed by atoms with Crippen LogP contribution in [0, 0.1) is 0 Å². The number of thiazole rings is 1. The fraction of sp³-hybridized carbons (Fsp3) is 0.524. The van der Waals surface area contributed by atoms with Gasteiger partial charge in [-0.25, -0.2) is 9.78 Å². The lowest BCUT2D eigenvalue weighted by atomic mass is 9.99. The minimum Gasteiger partial charge on any atom is -0.497 e. The number of hydrogen-bond acceptors (Lipinski definition) is 6. The summed E-state index contributed by atoms with van der Waals surface area (Å²) in [7, 11) is 1.62. The number of anilines is 1. The van der Waals surface area contributed by atoms with E-state index in [2.05, 4.69) is 15.2 Å². The van der Waals surface area contributed by atoms with E-state index in [1.165, 1.54) is 0 Å². The van der Waals surface area contributed by atoms with E-state index in [0.717, 1.165) is 68.5 Å². The van der Waals surface area contributed by atoms with E-state index in [1.807, 2.05) is 34.5 Å². The highest BCUT2D eigenvalue weighted by Gasteiger charge is 2.30. The zero-order valence-electron chi connectivity index (χ0n) is 16.8. The number of likely N-dealkylation sites (tertiary alicyclic amines) is 2. The van der Waals surface area contributed by atoms with Crippen LogP contribution >= 0.6 is 11.3 Å². The van der Waals surface area contributed by atoms with E-state index in [4.69, 9.17) is 9.47 Å². The fourth-order valence-electron chi connectivity index (χ4n) is 4.11. The number of ether oxygens (including phenoxy) is 2. The van der Waals surface area contributed by atoms with Crippen molar-refractivity contribution in [2.45, 2.75) is 37.8 Å². The molecule has 7 nitrogen and oxygen atoms in total. The molecule has 2 saturated heterocycles. The van der Waals surface area contributed by atoms with Gasteiger partial charge in [0, 0.05) is 55.6 Å². The summed E-state index contributed by atoms with van der Waals surface area (Å²) in [6.45, 7) is 3.68. The molecule has 0 spiro atoms. The average molecular weight is 417 g/mol. The van der Waals surface area contributed by atoms with Crippen molar-refractivity contribution in [3.63, 3.8) is 0 Å². The van der Waals surface area contributed by atoms with Crippen molar-refractivity contribution in [1.29, 1.82) is 0 Å². The van der Waals surface area contributed by atoms with Crippen LogP contribution in [-0.2, 0) is 0 Å². The van der Waals surface area contributed by atoms with Gasteiger partial charge < -0.3 is 19.7 Å². The standard InChI is InChI=1S/C21H28N4O3S/c1-27-19-4-2-3-16(15-19)23-20(26)25-10-5-17(6-11-25)24-12-7-18(8-13-24)28-21-22-9-14-29-21/h2-4,9,14-15,17-18H,5-8,10-13H2,1H3,(H,23,26). The van der Waals surface area contributed by atoms with Gasteiger partial charge in [-0.3, -0.25) is 4.90 Å². The first-order valence-electron chi connectivity index (χ1n) is 10.2. The number of aromatic nitrogens is 1. The number of carbonyl (C=O) groups excluding carboxylic acids is 1. The van der Waals surface area contributed by atoms with Gasteiger partial charge in [-0.05, 0) is 37.8 Å². The Bertz CT molecular complexity index is 785. The molecule has 0 unspecified atom stereocenters. The maximum atomic E-state index is 12.6. The van der Waals surface area contributed by atoms with Crippen molar-refractivity contribution in [3.05, 3.63) is 35.8 Å². The van der Waals surface area contributed by atoms with Crippen molar-refractivity contribution in [2.24, 2.45) is 0 Å². The van der Waals surface area contributed by atoms with Crippen LogP contribution in [0.15, 0.2) is 35.8 Å². The van der Waals surface area contributed by atoms with Crippen LogP contribution in [0.5, 0.6) is 10.9 Å². The Labute approximate surface area is 175 Å². The first-order chi connectivity index (χ1) is 14.2. The average Bonchev–Trinajstić information content (AvgIpc) is 3.27. The summed E-state index contributed by atoms with van der Waals surface area (Å²) in [4.78, 5) is 21.3. The van der Waals surface area contributed by atoms with Gasteiger partial charge in [0.15, 0.2) is 0 Å². The van der Waals surface area contributed by atoms with Crippen molar-refractivity contribution in [3.8, 4) is 10.9 Å². The van der Waals surface area contributed by atoms with Crippen LogP contribution in [0.3, 0.4) is 0 Å². The van der Waals surface area contributed by atoms with Gasteiger partial charge in [0.1, 0.15) is 11.9 Å². The maximum absolute atomic E-state index is 12.6. The monoisotopic (exact) mass is 416 g/mol. The Morgan fingerprint density at radius 3 is 2.66 bits per heavy atom. The van der Waals surface area contributed by atoms with E-state index in [-0.39, 0.29) is 12.1 Å². The number of urea groups is 1. The second-order valence-corrected chi connectivity index (χ2v) is 8.39. The van der Waals surface area contributed by atoms with E-state index in [1.54, 1.807) is 24.6 Å². The van der Waals surface area contributed by atoms with Crippen LogP contribution in [-0.4, -0.2) is 66.2 Å². The molecule has 0 saturated carbocycles. The molecule has 2 aromatic rings. The van der Waals surface area contributed by atoms with Gasteiger partial charge in [-0.2, -0.15) is 0 Å². The number of rotatable bonds is 5. The largest absolute Gasteiger partial charge is 0.497 e. The number of piperidine rings is 2. The summed E-state index contributed by atoms with van der Waals surface area (Å²) in [5.74, 6) is 0.740. The van der Waals surface area contributed by atoms with Crippen molar-refractivity contribution in [1.82, 2.24) is 14.8 Å². The van der Waals surface area contributed by atoms with Gasteiger partial charge >= 0.3 is 6.03 Å². The van der Waals surface area contributed by atoms with Crippen molar-refractivity contribution in [2.75, 3.05) is 38.6 Å². The second-order valence-electron chi connectivity index (χ2n) is 7.53. The smallest absolute Gasteiger partial charge is 0.321 e. The molecule has 156 valence electrons. The minimum atomic E-state index is -0.0349. The van der Waals surface area contributed by atoms with E-state index in [9.17, 15) is 4.79 Å². The molecular formula is C21H28N4O3S. The topological polar surface area (TPSA) is 66.9 Å². The Kier molecular flexibility index (Phi) is 6.51. The summed E-state index contributed by atoms with van der Waals surface area (Å²) in [6.07, 6.45) is 6.17. The minimum absolute atomic E-state index is 0.0349. The number of methoxy groups -OCH3 is 1. The Morgan fingerprint density at radius 2 is 1.97 bits per heavy atom. The van der Waals surface area contributed by atoms with Gasteiger partial charge in [0.25, 0.3) is 5.19 Å². The molecule has 0 atom stereocenters. The molecule has 1 aromatic heterocycles. The van der Waals surface area contributed by atoms with Gasteiger partial charge in [-0.1, -0.05) is 17.4 Å². The molecule has 3 heterocycles. The number of amides is 2. The zero-order chi connectivity index (χ0) is 20.1. The van der Waals surface area contributed by atoms with E-state index >= 15 is 0 Å². The normalized spacial score (nSPS) is 19.1.